The molecule has 1 N–H and O–H groups in total. The van der Waals surface area contributed by atoms with Crippen molar-refractivity contribution in [2.75, 3.05) is 7.05 Å². The van der Waals surface area contributed by atoms with Crippen LogP contribution in [0.4, 0.5) is 0 Å². The van der Waals surface area contributed by atoms with Crippen LogP contribution in [-0.4, -0.2) is 13.2 Å². The highest BCUT2D eigenvalue weighted by molar-refractivity contribution is 5.39. The van der Waals surface area contributed by atoms with E-state index in [0.29, 0.717) is 0 Å². The van der Waals surface area contributed by atoms with Crippen LogP contribution in [0.3, 0.4) is 0 Å². The molecule has 2 nitrogen and oxygen atoms in total. The summed E-state index contributed by atoms with van der Waals surface area (Å²) < 4.78 is 6.32. The van der Waals surface area contributed by atoms with Crippen LogP contribution < -0.4 is 10.1 Å². The summed E-state index contributed by atoms with van der Waals surface area (Å²) in [5, 5.41) is 3.40. The molecule has 2 heteroatoms. The maximum atomic E-state index is 6.32. The first-order valence-electron chi connectivity index (χ1n) is 7.33. The summed E-state index contributed by atoms with van der Waals surface area (Å²) in [5.74, 6) is 1.02. The van der Waals surface area contributed by atoms with Crippen molar-refractivity contribution in [1.82, 2.24) is 5.32 Å². The zero-order valence-corrected chi connectivity index (χ0v) is 12.1. The Balaban J connectivity index is 1.86. The Morgan fingerprint density at radius 1 is 1.10 bits per heavy atom. The van der Waals surface area contributed by atoms with Gasteiger partial charge in [0.25, 0.3) is 0 Å². The SMILES string of the molecule is CCc1ccccc1OC1Cc2ccccc2C1NC. The predicted octanol–water partition coefficient (Wildman–Crippen LogP) is 3.51. The number of nitrogens with one attached hydrogen (secondary N) is 1. The fraction of sp³-hybridized carbons (Fsp3) is 0.333. The number of fused-ring (bicyclic) bond motifs is 1. The minimum atomic E-state index is 0.171. The van der Waals surface area contributed by atoms with Gasteiger partial charge in [-0.1, -0.05) is 49.4 Å². The summed E-state index contributed by atoms with van der Waals surface area (Å²) in [5.41, 5.74) is 4.04. The molecule has 0 fully saturated rings. The molecule has 2 aromatic rings. The molecule has 1 aliphatic rings. The summed E-state index contributed by atoms with van der Waals surface area (Å²) in [6.07, 6.45) is 2.14. The summed E-state index contributed by atoms with van der Waals surface area (Å²) in [6.45, 7) is 2.17. The molecular formula is C18H21NO. The average molecular weight is 267 g/mol. The molecule has 20 heavy (non-hydrogen) atoms. The van der Waals surface area contributed by atoms with E-state index in [2.05, 4.69) is 54.7 Å². The Morgan fingerprint density at radius 2 is 1.85 bits per heavy atom. The van der Waals surface area contributed by atoms with Gasteiger partial charge in [-0.05, 0) is 36.2 Å². The standard InChI is InChI=1S/C18H21NO/c1-3-13-8-5-7-11-16(13)20-17-12-14-9-4-6-10-15(14)18(17)19-2/h4-11,17-19H,3,12H2,1-2H3. The van der Waals surface area contributed by atoms with Gasteiger partial charge in [-0.25, -0.2) is 0 Å². The number of likely N-dealkylation sites (N-methyl/N-ethyl adjacent to an activating group) is 1. The molecule has 2 aromatic carbocycles. The Labute approximate surface area is 120 Å². The van der Waals surface area contributed by atoms with Crippen molar-refractivity contribution < 1.29 is 4.74 Å². The smallest absolute Gasteiger partial charge is 0.123 e. The predicted molar refractivity (Wildman–Crippen MR) is 82.2 cm³/mol. The van der Waals surface area contributed by atoms with Crippen LogP contribution in [0.2, 0.25) is 0 Å². The molecule has 0 saturated carbocycles. The van der Waals surface area contributed by atoms with Gasteiger partial charge in [-0.3, -0.25) is 0 Å². The van der Waals surface area contributed by atoms with Crippen molar-refractivity contribution >= 4 is 0 Å². The van der Waals surface area contributed by atoms with Crippen LogP contribution in [0.5, 0.6) is 5.75 Å². The quantitative estimate of drug-likeness (QED) is 0.915. The number of aryl methyl sites for hydroxylation is 1. The molecule has 0 bridgehead atoms. The Bertz CT molecular complexity index is 593. The maximum Gasteiger partial charge on any atom is 0.123 e. The molecule has 0 aliphatic heterocycles. The van der Waals surface area contributed by atoms with E-state index in [1.165, 1.54) is 16.7 Å². The number of rotatable bonds is 4. The lowest BCUT2D eigenvalue weighted by molar-refractivity contribution is 0.169. The second kappa shape index (κ2) is 5.68. The van der Waals surface area contributed by atoms with Gasteiger partial charge in [0.05, 0.1) is 6.04 Å². The van der Waals surface area contributed by atoms with Crippen molar-refractivity contribution in [3.63, 3.8) is 0 Å². The fourth-order valence-corrected chi connectivity index (χ4v) is 3.08. The van der Waals surface area contributed by atoms with Crippen molar-refractivity contribution in [1.29, 1.82) is 0 Å². The Kier molecular flexibility index (Phi) is 3.75. The van der Waals surface area contributed by atoms with E-state index < -0.39 is 0 Å². The van der Waals surface area contributed by atoms with Gasteiger partial charge >= 0.3 is 0 Å². The molecule has 0 spiro atoms. The Morgan fingerprint density at radius 3 is 2.65 bits per heavy atom. The minimum absolute atomic E-state index is 0.171. The largest absolute Gasteiger partial charge is 0.488 e. The van der Waals surface area contributed by atoms with Crippen LogP contribution >= 0.6 is 0 Å². The van der Waals surface area contributed by atoms with Crippen LogP contribution in [0.15, 0.2) is 48.5 Å². The zero-order chi connectivity index (χ0) is 13.9. The number of ether oxygens (including phenoxy) is 1. The molecule has 0 radical (unpaired) electrons. The first-order chi connectivity index (χ1) is 9.83. The third-order valence-electron chi connectivity index (χ3n) is 4.13. The van der Waals surface area contributed by atoms with E-state index in [1.807, 2.05) is 13.1 Å². The third-order valence-corrected chi connectivity index (χ3v) is 4.13. The number of hydrogen-bond acceptors (Lipinski definition) is 2. The average Bonchev–Trinajstić information content (AvgIpc) is 2.85. The molecule has 2 unspecified atom stereocenters. The molecule has 0 heterocycles. The second-order valence-electron chi connectivity index (χ2n) is 5.29. The van der Waals surface area contributed by atoms with E-state index in [4.69, 9.17) is 4.74 Å². The fourth-order valence-electron chi connectivity index (χ4n) is 3.08. The highest BCUT2D eigenvalue weighted by atomic mass is 16.5. The van der Waals surface area contributed by atoms with E-state index in [0.717, 1.165) is 18.6 Å². The number of hydrogen-bond donors (Lipinski definition) is 1. The lowest BCUT2D eigenvalue weighted by atomic mass is 10.1. The van der Waals surface area contributed by atoms with Crippen molar-refractivity contribution in [2.24, 2.45) is 0 Å². The molecule has 104 valence electrons. The van der Waals surface area contributed by atoms with Gasteiger partial charge in [0.2, 0.25) is 0 Å². The lowest BCUT2D eigenvalue weighted by Gasteiger charge is -2.22. The van der Waals surface area contributed by atoms with Crippen molar-refractivity contribution in [3.05, 3.63) is 65.2 Å². The molecule has 0 saturated heterocycles. The molecule has 0 amide bonds. The number of benzene rings is 2. The first-order valence-corrected chi connectivity index (χ1v) is 7.33. The summed E-state index contributed by atoms with van der Waals surface area (Å²) in [6, 6.07) is 17.2. The topological polar surface area (TPSA) is 21.3 Å². The molecular weight excluding hydrogens is 246 g/mol. The monoisotopic (exact) mass is 267 g/mol. The van der Waals surface area contributed by atoms with E-state index >= 15 is 0 Å². The van der Waals surface area contributed by atoms with Crippen LogP contribution in [-0.2, 0) is 12.8 Å². The van der Waals surface area contributed by atoms with Gasteiger partial charge < -0.3 is 10.1 Å². The normalized spacial score (nSPS) is 20.7. The van der Waals surface area contributed by atoms with Crippen LogP contribution in [0, 0.1) is 0 Å². The first kappa shape index (κ1) is 13.2. The van der Waals surface area contributed by atoms with Crippen molar-refractivity contribution in [2.45, 2.75) is 31.9 Å². The lowest BCUT2D eigenvalue weighted by Crippen LogP contribution is -2.30. The van der Waals surface area contributed by atoms with E-state index in [1.54, 1.807) is 0 Å². The van der Waals surface area contributed by atoms with Gasteiger partial charge in [0.15, 0.2) is 0 Å². The van der Waals surface area contributed by atoms with E-state index in [-0.39, 0.29) is 12.1 Å². The highest BCUT2D eigenvalue weighted by Crippen LogP contribution is 2.34. The highest BCUT2D eigenvalue weighted by Gasteiger charge is 2.32. The van der Waals surface area contributed by atoms with Crippen molar-refractivity contribution in [3.8, 4) is 5.75 Å². The third kappa shape index (κ3) is 2.32. The number of para-hydroxylation sites is 1. The van der Waals surface area contributed by atoms with E-state index in [9.17, 15) is 0 Å². The van der Waals surface area contributed by atoms with Gasteiger partial charge in [0, 0.05) is 6.42 Å². The van der Waals surface area contributed by atoms with Gasteiger partial charge in [-0.2, -0.15) is 0 Å². The molecule has 1 aliphatic carbocycles. The summed E-state index contributed by atoms with van der Waals surface area (Å²) >= 11 is 0. The summed E-state index contributed by atoms with van der Waals surface area (Å²) in [4.78, 5) is 0. The Hall–Kier alpha value is -1.80. The minimum Gasteiger partial charge on any atom is -0.488 e. The summed E-state index contributed by atoms with van der Waals surface area (Å²) in [7, 11) is 2.01. The van der Waals surface area contributed by atoms with Gasteiger partial charge in [-0.15, -0.1) is 0 Å². The molecule has 0 aromatic heterocycles. The molecule has 2 atom stereocenters. The van der Waals surface area contributed by atoms with Crippen LogP contribution in [0.25, 0.3) is 0 Å². The molecule has 3 rings (SSSR count). The zero-order valence-electron chi connectivity index (χ0n) is 12.1. The van der Waals surface area contributed by atoms with Gasteiger partial charge in [0.1, 0.15) is 11.9 Å². The maximum absolute atomic E-state index is 6.32. The van der Waals surface area contributed by atoms with Crippen LogP contribution in [0.1, 0.15) is 29.7 Å². The second-order valence-corrected chi connectivity index (χ2v) is 5.29.